The molecule has 0 unspecified atom stereocenters. The molecule has 0 saturated heterocycles. The number of anilines is 1. The molecule has 0 fully saturated rings. The Morgan fingerprint density at radius 1 is 1.33 bits per heavy atom. The van der Waals surface area contributed by atoms with Gasteiger partial charge in [-0.05, 0) is 17.7 Å². The van der Waals surface area contributed by atoms with Gasteiger partial charge in [0.25, 0.3) is 0 Å². The molecular weight excluding hydrogens is 305 g/mol. The highest BCUT2D eigenvalue weighted by Crippen LogP contribution is 2.32. The summed E-state index contributed by atoms with van der Waals surface area (Å²) in [5.74, 6) is -0.248. The molecule has 2 aromatic rings. The van der Waals surface area contributed by atoms with E-state index >= 15 is 0 Å². The van der Waals surface area contributed by atoms with Crippen LogP contribution < -0.4 is 10.1 Å². The molecule has 4 nitrogen and oxygen atoms in total. The highest BCUT2D eigenvalue weighted by atomic mass is 32.1. The molecular formula is C13H13F3N2O2S. The van der Waals surface area contributed by atoms with Crippen LogP contribution in [0.5, 0.6) is 5.75 Å². The molecule has 0 aliphatic carbocycles. The third-order valence-corrected chi connectivity index (χ3v) is 3.44. The van der Waals surface area contributed by atoms with Gasteiger partial charge in [0.1, 0.15) is 5.75 Å². The monoisotopic (exact) mass is 318 g/mol. The number of alkyl halides is 3. The Morgan fingerprint density at radius 2 is 2.14 bits per heavy atom. The zero-order valence-corrected chi connectivity index (χ0v) is 11.9. The molecule has 0 aliphatic rings. The van der Waals surface area contributed by atoms with Gasteiger partial charge in [-0.2, -0.15) is 0 Å². The molecule has 1 aromatic carbocycles. The first-order valence-electron chi connectivity index (χ1n) is 6.03. The maximum Gasteiger partial charge on any atom is 0.573 e. The van der Waals surface area contributed by atoms with Gasteiger partial charge in [-0.1, -0.05) is 23.5 Å². The summed E-state index contributed by atoms with van der Waals surface area (Å²) in [5, 5.41) is 3.74. The van der Waals surface area contributed by atoms with Crippen molar-refractivity contribution in [3.05, 3.63) is 30.5 Å². The third kappa shape index (κ3) is 4.91. The van der Waals surface area contributed by atoms with Crippen molar-refractivity contribution >= 4 is 16.5 Å². The molecule has 0 atom stereocenters. The number of hydrogen-bond donors (Lipinski definition) is 1. The van der Waals surface area contributed by atoms with Gasteiger partial charge in [0.15, 0.2) is 5.13 Å². The first-order valence-corrected chi connectivity index (χ1v) is 6.84. The van der Waals surface area contributed by atoms with Crippen molar-refractivity contribution in [2.24, 2.45) is 0 Å². The second kappa shape index (κ2) is 6.77. The normalized spacial score (nSPS) is 11.4. The number of nitrogens with one attached hydrogen (secondary N) is 1. The summed E-state index contributed by atoms with van der Waals surface area (Å²) in [6, 6.07) is 5.81. The Hall–Kier alpha value is -1.80. The van der Waals surface area contributed by atoms with Crippen LogP contribution in [0.3, 0.4) is 0 Å². The van der Waals surface area contributed by atoms with E-state index < -0.39 is 6.36 Å². The Balaban J connectivity index is 2.09. The van der Waals surface area contributed by atoms with Gasteiger partial charge >= 0.3 is 6.36 Å². The van der Waals surface area contributed by atoms with E-state index in [-0.39, 0.29) is 5.75 Å². The largest absolute Gasteiger partial charge is 0.573 e. The smallest absolute Gasteiger partial charge is 0.406 e. The predicted molar refractivity (Wildman–Crippen MR) is 74.6 cm³/mol. The zero-order chi connectivity index (χ0) is 15.3. The van der Waals surface area contributed by atoms with E-state index in [1.165, 1.54) is 29.5 Å². The highest BCUT2D eigenvalue weighted by molar-refractivity contribution is 7.18. The minimum absolute atomic E-state index is 0.248. The maximum atomic E-state index is 12.2. The number of rotatable bonds is 6. The number of benzene rings is 1. The van der Waals surface area contributed by atoms with Crippen LogP contribution in [0, 0.1) is 0 Å². The summed E-state index contributed by atoms with van der Waals surface area (Å²) in [6.07, 6.45) is -3.09. The first-order chi connectivity index (χ1) is 9.98. The number of halogens is 3. The van der Waals surface area contributed by atoms with Gasteiger partial charge in [0, 0.05) is 19.9 Å². The topological polar surface area (TPSA) is 43.4 Å². The fourth-order valence-electron chi connectivity index (χ4n) is 1.60. The molecule has 1 N–H and O–H groups in total. The second-order valence-corrected chi connectivity index (χ2v) is 5.06. The van der Waals surface area contributed by atoms with Crippen LogP contribution in [-0.4, -0.2) is 31.6 Å². The van der Waals surface area contributed by atoms with E-state index in [2.05, 4.69) is 15.0 Å². The SMILES string of the molecule is COCCNc1ncc(-c2cccc(OC(F)(F)F)c2)s1. The van der Waals surface area contributed by atoms with Gasteiger partial charge in [0.2, 0.25) is 0 Å². The van der Waals surface area contributed by atoms with Crippen LogP contribution in [0.1, 0.15) is 0 Å². The van der Waals surface area contributed by atoms with Crippen molar-refractivity contribution in [2.75, 3.05) is 25.6 Å². The molecule has 0 spiro atoms. The minimum Gasteiger partial charge on any atom is -0.406 e. The molecule has 2 rings (SSSR count). The number of hydrogen-bond acceptors (Lipinski definition) is 5. The summed E-state index contributed by atoms with van der Waals surface area (Å²) in [7, 11) is 1.60. The fourth-order valence-corrected chi connectivity index (χ4v) is 2.43. The summed E-state index contributed by atoms with van der Waals surface area (Å²) in [4.78, 5) is 4.91. The van der Waals surface area contributed by atoms with Crippen LogP contribution >= 0.6 is 11.3 Å². The van der Waals surface area contributed by atoms with Crippen LogP contribution in [0.2, 0.25) is 0 Å². The number of methoxy groups -OCH3 is 1. The van der Waals surface area contributed by atoms with Gasteiger partial charge in [-0.25, -0.2) is 4.98 Å². The van der Waals surface area contributed by atoms with Crippen molar-refractivity contribution in [3.63, 3.8) is 0 Å². The molecule has 0 saturated carbocycles. The molecule has 0 aliphatic heterocycles. The molecule has 1 heterocycles. The molecule has 0 amide bonds. The summed E-state index contributed by atoms with van der Waals surface area (Å²) >= 11 is 1.35. The van der Waals surface area contributed by atoms with E-state index in [1.54, 1.807) is 19.4 Å². The number of nitrogens with zero attached hydrogens (tertiary/aromatic N) is 1. The summed E-state index contributed by atoms with van der Waals surface area (Å²) < 4.78 is 45.4. The van der Waals surface area contributed by atoms with Crippen LogP contribution in [0.15, 0.2) is 30.5 Å². The van der Waals surface area contributed by atoms with Crippen molar-refractivity contribution in [1.82, 2.24) is 4.98 Å². The van der Waals surface area contributed by atoms with Crippen LogP contribution in [-0.2, 0) is 4.74 Å². The summed E-state index contributed by atoms with van der Waals surface area (Å²) in [5.41, 5.74) is 0.619. The molecule has 114 valence electrons. The van der Waals surface area contributed by atoms with Crippen LogP contribution in [0.4, 0.5) is 18.3 Å². The van der Waals surface area contributed by atoms with E-state index in [0.717, 1.165) is 4.88 Å². The standard InChI is InChI=1S/C13H13F3N2O2S/c1-19-6-5-17-12-18-8-11(21-12)9-3-2-4-10(7-9)20-13(14,15)16/h2-4,7-8H,5-6H2,1H3,(H,17,18). The third-order valence-electron chi connectivity index (χ3n) is 2.44. The number of aromatic nitrogens is 1. The van der Waals surface area contributed by atoms with Crippen molar-refractivity contribution in [2.45, 2.75) is 6.36 Å². The first kappa shape index (κ1) is 15.6. The summed E-state index contributed by atoms with van der Waals surface area (Å²) in [6.45, 7) is 1.16. The molecule has 0 bridgehead atoms. The second-order valence-electron chi connectivity index (χ2n) is 4.02. The van der Waals surface area contributed by atoms with E-state index in [0.29, 0.717) is 23.8 Å². The Labute approximate surface area is 123 Å². The lowest BCUT2D eigenvalue weighted by atomic mass is 10.2. The van der Waals surface area contributed by atoms with Crippen molar-refractivity contribution in [1.29, 1.82) is 0 Å². The maximum absolute atomic E-state index is 12.2. The van der Waals surface area contributed by atoms with Gasteiger partial charge < -0.3 is 14.8 Å². The molecule has 21 heavy (non-hydrogen) atoms. The quantitative estimate of drug-likeness (QED) is 0.824. The zero-order valence-electron chi connectivity index (χ0n) is 11.1. The van der Waals surface area contributed by atoms with Crippen molar-refractivity contribution in [3.8, 4) is 16.2 Å². The van der Waals surface area contributed by atoms with Crippen LogP contribution in [0.25, 0.3) is 10.4 Å². The Morgan fingerprint density at radius 3 is 2.86 bits per heavy atom. The van der Waals surface area contributed by atoms with E-state index in [9.17, 15) is 13.2 Å². The van der Waals surface area contributed by atoms with Gasteiger partial charge in [-0.3, -0.25) is 0 Å². The lowest BCUT2D eigenvalue weighted by Crippen LogP contribution is -2.17. The van der Waals surface area contributed by atoms with E-state index in [1.807, 2.05) is 0 Å². The average molecular weight is 318 g/mol. The average Bonchev–Trinajstić information content (AvgIpc) is 2.86. The van der Waals surface area contributed by atoms with Gasteiger partial charge in [0.05, 0.1) is 11.5 Å². The number of thiazole rings is 1. The predicted octanol–water partition coefficient (Wildman–Crippen LogP) is 3.77. The Kier molecular flexibility index (Phi) is 5.03. The highest BCUT2D eigenvalue weighted by Gasteiger charge is 2.31. The van der Waals surface area contributed by atoms with Gasteiger partial charge in [-0.15, -0.1) is 13.2 Å². The molecule has 8 heteroatoms. The fraction of sp³-hybridized carbons (Fsp3) is 0.308. The lowest BCUT2D eigenvalue weighted by molar-refractivity contribution is -0.274. The minimum atomic E-state index is -4.70. The number of ether oxygens (including phenoxy) is 2. The van der Waals surface area contributed by atoms with E-state index in [4.69, 9.17) is 4.74 Å². The lowest BCUT2D eigenvalue weighted by Gasteiger charge is -2.09. The molecule has 0 radical (unpaired) electrons. The van der Waals surface area contributed by atoms with Crippen molar-refractivity contribution < 1.29 is 22.6 Å². The Bertz CT molecular complexity index is 587. The molecule has 1 aromatic heterocycles.